The van der Waals surface area contributed by atoms with Gasteiger partial charge >= 0.3 is 0 Å². The number of hydrogen-bond donors (Lipinski definition) is 1. The summed E-state index contributed by atoms with van der Waals surface area (Å²) < 4.78 is 1.72. The summed E-state index contributed by atoms with van der Waals surface area (Å²) in [6.45, 7) is 0.368. The van der Waals surface area contributed by atoms with E-state index in [-0.39, 0.29) is 11.6 Å². The third-order valence-corrected chi connectivity index (χ3v) is 3.99. The number of benzene rings is 1. The fourth-order valence-electron chi connectivity index (χ4n) is 2.62. The minimum Gasteiger partial charge on any atom is -0.347 e. The summed E-state index contributed by atoms with van der Waals surface area (Å²) in [5, 5.41) is 15.4. The van der Waals surface area contributed by atoms with Gasteiger partial charge in [0.1, 0.15) is 0 Å². The molecule has 0 saturated carbocycles. The number of para-hydroxylation sites is 1. The van der Waals surface area contributed by atoms with Gasteiger partial charge in [0.15, 0.2) is 5.69 Å². The first-order valence-corrected chi connectivity index (χ1v) is 8.39. The minimum absolute atomic E-state index is 0.264. The van der Waals surface area contributed by atoms with Crippen molar-refractivity contribution in [1.82, 2.24) is 35.1 Å². The number of aryl methyl sites for hydroxylation is 1. The van der Waals surface area contributed by atoms with Crippen LogP contribution in [0.2, 0.25) is 0 Å². The Morgan fingerprint density at radius 3 is 2.74 bits per heavy atom. The lowest BCUT2D eigenvalue weighted by Crippen LogP contribution is -2.23. The molecule has 4 rings (SSSR count). The van der Waals surface area contributed by atoms with E-state index >= 15 is 0 Å². The summed E-state index contributed by atoms with van der Waals surface area (Å²) in [5.41, 5.74) is 3.74. The second-order valence-corrected chi connectivity index (χ2v) is 5.99. The monoisotopic (exact) mass is 359 g/mol. The molecule has 1 aromatic carbocycles. The quantitative estimate of drug-likeness (QED) is 0.588. The van der Waals surface area contributed by atoms with Gasteiger partial charge in [-0.2, -0.15) is 15.0 Å². The molecule has 1 N–H and O–H groups in total. The van der Waals surface area contributed by atoms with E-state index < -0.39 is 0 Å². The van der Waals surface area contributed by atoms with Gasteiger partial charge in [0.2, 0.25) is 0 Å². The second kappa shape index (κ2) is 7.20. The molecule has 0 aliphatic heterocycles. The Bertz CT molecular complexity index is 1070. The van der Waals surface area contributed by atoms with Crippen LogP contribution >= 0.6 is 0 Å². The molecule has 27 heavy (non-hydrogen) atoms. The third-order valence-electron chi connectivity index (χ3n) is 3.99. The van der Waals surface area contributed by atoms with Crippen molar-refractivity contribution in [2.45, 2.75) is 6.54 Å². The molecule has 0 spiro atoms. The van der Waals surface area contributed by atoms with Gasteiger partial charge in [0.25, 0.3) is 5.91 Å². The number of nitrogens with zero attached hydrogens (tertiary/aromatic N) is 6. The highest BCUT2D eigenvalue weighted by atomic mass is 16.2. The van der Waals surface area contributed by atoms with Crippen LogP contribution in [0.25, 0.3) is 16.9 Å². The molecular weight excluding hydrogens is 342 g/mol. The molecule has 0 radical (unpaired) electrons. The zero-order valence-corrected chi connectivity index (χ0v) is 14.6. The number of hydrogen-bond acceptors (Lipinski definition) is 5. The number of carbonyl (C=O) groups excluding carboxylic acids is 1. The maximum absolute atomic E-state index is 12.4. The van der Waals surface area contributed by atoms with Gasteiger partial charge in [-0.05, 0) is 29.8 Å². The Kier molecular flexibility index (Phi) is 4.44. The van der Waals surface area contributed by atoms with E-state index in [9.17, 15) is 4.79 Å². The molecule has 4 aromatic rings. The lowest BCUT2D eigenvalue weighted by atomic mass is 10.1. The molecule has 0 bridgehead atoms. The highest BCUT2D eigenvalue weighted by Crippen LogP contribution is 2.16. The number of amides is 1. The maximum Gasteiger partial charge on any atom is 0.273 e. The maximum atomic E-state index is 12.4. The van der Waals surface area contributed by atoms with Gasteiger partial charge in [-0.1, -0.05) is 18.2 Å². The van der Waals surface area contributed by atoms with Crippen LogP contribution in [-0.2, 0) is 13.6 Å². The van der Waals surface area contributed by atoms with Gasteiger partial charge in [0.05, 0.1) is 23.8 Å². The standard InChI is InChI=1S/C19H17N7O/c1-25-13-15(11-22-25)17-9-14(7-8-20-17)10-21-19(27)18-12-23-26(24-18)16-5-3-2-4-6-16/h2-9,11-13H,10H2,1H3,(H,21,27). The molecule has 3 heterocycles. The van der Waals surface area contributed by atoms with Crippen molar-refractivity contribution >= 4 is 5.91 Å². The average Bonchev–Trinajstić information content (AvgIpc) is 3.36. The fourth-order valence-corrected chi connectivity index (χ4v) is 2.62. The van der Waals surface area contributed by atoms with Gasteiger partial charge in [-0.3, -0.25) is 14.5 Å². The van der Waals surface area contributed by atoms with Gasteiger partial charge in [-0.15, -0.1) is 5.10 Å². The Hall–Kier alpha value is -3.81. The van der Waals surface area contributed by atoms with E-state index in [1.165, 1.54) is 11.0 Å². The van der Waals surface area contributed by atoms with E-state index in [1.807, 2.05) is 55.7 Å². The number of pyridine rings is 1. The van der Waals surface area contributed by atoms with Crippen LogP contribution in [0.3, 0.4) is 0 Å². The van der Waals surface area contributed by atoms with Crippen molar-refractivity contribution in [3.63, 3.8) is 0 Å². The molecule has 134 valence electrons. The lowest BCUT2D eigenvalue weighted by molar-refractivity contribution is 0.0945. The van der Waals surface area contributed by atoms with Crippen molar-refractivity contribution in [2.24, 2.45) is 7.05 Å². The summed E-state index contributed by atoms with van der Waals surface area (Å²) in [4.78, 5) is 18.2. The summed E-state index contributed by atoms with van der Waals surface area (Å²) in [6.07, 6.45) is 6.82. The van der Waals surface area contributed by atoms with Crippen LogP contribution in [0.15, 0.2) is 67.3 Å². The van der Waals surface area contributed by atoms with E-state index in [0.29, 0.717) is 6.54 Å². The minimum atomic E-state index is -0.281. The van der Waals surface area contributed by atoms with Crippen molar-refractivity contribution in [3.05, 3.63) is 78.5 Å². The van der Waals surface area contributed by atoms with Crippen molar-refractivity contribution in [1.29, 1.82) is 0 Å². The summed E-state index contributed by atoms with van der Waals surface area (Å²) in [5.74, 6) is -0.281. The Labute approximate surface area is 155 Å². The molecule has 0 saturated heterocycles. The van der Waals surface area contributed by atoms with Crippen LogP contribution in [-0.4, -0.2) is 35.7 Å². The highest BCUT2D eigenvalue weighted by Gasteiger charge is 2.11. The van der Waals surface area contributed by atoms with Crippen molar-refractivity contribution < 1.29 is 4.79 Å². The third kappa shape index (κ3) is 3.74. The molecule has 1 amide bonds. The topological polar surface area (TPSA) is 90.5 Å². The average molecular weight is 359 g/mol. The van der Waals surface area contributed by atoms with Crippen LogP contribution in [0, 0.1) is 0 Å². The van der Waals surface area contributed by atoms with Gasteiger partial charge in [-0.25, -0.2) is 0 Å². The first-order valence-electron chi connectivity index (χ1n) is 8.39. The Morgan fingerprint density at radius 2 is 1.96 bits per heavy atom. The van der Waals surface area contributed by atoms with Crippen LogP contribution in [0.1, 0.15) is 16.1 Å². The second-order valence-electron chi connectivity index (χ2n) is 5.99. The molecule has 0 fully saturated rings. The number of aromatic nitrogens is 6. The first kappa shape index (κ1) is 16.6. The van der Waals surface area contributed by atoms with E-state index in [1.54, 1.807) is 17.1 Å². The molecule has 3 aromatic heterocycles. The van der Waals surface area contributed by atoms with E-state index in [4.69, 9.17) is 0 Å². The molecule has 0 atom stereocenters. The van der Waals surface area contributed by atoms with Crippen LogP contribution in [0.4, 0.5) is 0 Å². The number of nitrogens with one attached hydrogen (secondary N) is 1. The molecule has 0 unspecified atom stereocenters. The number of carbonyl (C=O) groups is 1. The molecule has 0 aliphatic rings. The van der Waals surface area contributed by atoms with Gasteiger partial charge < -0.3 is 5.32 Å². The van der Waals surface area contributed by atoms with Crippen molar-refractivity contribution in [2.75, 3.05) is 0 Å². The highest BCUT2D eigenvalue weighted by molar-refractivity contribution is 5.91. The molecule has 8 heteroatoms. The Balaban J connectivity index is 1.43. The lowest BCUT2D eigenvalue weighted by Gasteiger charge is -2.05. The summed E-state index contributed by atoms with van der Waals surface area (Å²) in [7, 11) is 1.86. The molecular formula is C19H17N7O. The number of rotatable bonds is 5. The van der Waals surface area contributed by atoms with E-state index in [0.717, 1.165) is 22.5 Å². The van der Waals surface area contributed by atoms with Gasteiger partial charge in [0, 0.05) is 31.5 Å². The summed E-state index contributed by atoms with van der Waals surface area (Å²) in [6, 6.07) is 13.2. The van der Waals surface area contributed by atoms with Crippen molar-refractivity contribution in [3.8, 4) is 16.9 Å². The summed E-state index contributed by atoms with van der Waals surface area (Å²) >= 11 is 0. The van der Waals surface area contributed by atoms with E-state index in [2.05, 4.69) is 25.6 Å². The zero-order valence-electron chi connectivity index (χ0n) is 14.6. The fraction of sp³-hybridized carbons (Fsp3) is 0.105. The molecule has 0 aliphatic carbocycles. The SMILES string of the molecule is Cn1cc(-c2cc(CNC(=O)c3cnn(-c4ccccc4)n3)ccn2)cn1. The first-order chi connectivity index (χ1) is 13.2. The normalized spacial score (nSPS) is 10.7. The Morgan fingerprint density at radius 1 is 1.11 bits per heavy atom. The smallest absolute Gasteiger partial charge is 0.273 e. The van der Waals surface area contributed by atoms with Crippen LogP contribution in [0.5, 0.6) is 0 Å². The predicted octanol–water partition coefficient (Wildman–Crippen LogP) is 1.99. The largest absolute Gasteiger partial charge is 0.347 e. The van der Waals surface area contributed by atoms with Crippen LogP contribution < -0.4 is 5.32 Å². The molecule has 8 nitrogen and oxygen atoms in total. The zero-order chi connectivity index (χ0) is 18.6. The predicted molar refractivity (Wildman–Crippen MR) is 99.0 cm³/mol.